The lowest BCUT2D eigenvalue weighted by atomic mass is 10.3. The topological polar surface area (TPSA) is 12.9 Å². The van der Waals surface area contributed by atoms with Gasteiger partial charge in [0.25, 0.3) is 0 Å². The fraction of sp³-hybridized carbons (Fsp3) is 0.100. The Hall–Kier alpha value is -1.37. The lowest BCUT2D eigenvalue weighted by Crippen LogP contribution is -1.71. The zero-order chi connectivity index (χ0) is 7.42. The van der Waals surface area contributed by atoms with Crippen LogP contribution in [0.5, 0.6) is 0 Å². The Kier molecular flexibility index (Phi) is 0.698. The van der Waals surface area contributed by atoms with E-state index in [9.17, 15) is 0 Å². The fourth-order valence-corrected chi connectivity index (χ4v) is 1.70. The molecule has 0 aliphatic heterocycles. The first-order valence-electron chi connectivity index (χ1n) is 3.76. The Bertz CT molecular complexity index is 458. The summed E-state index contributed by atoms with van der Waals surface area (Å²) in [6.07, 6.45) is 1.95. The molecule has 1 heteroatoms. The van der Waals surface area contributed by atoms with Crippen molar-refractivity contribution in [2.24, 2.45) is 0 Å². The van der Waals surface area contributed by atoms with E-state index in [-0.39, 0.29) is 0 Å². The minimum absolute atomic E-state index is 1.14. The van der Waals surface area contributed by atoms with Gasteiger partial charge in [-0.1, -0.05) is 12.1 Å². The van der Waals surface area contributed by atoms with Gasteiger partial charge in [-0.15, -0.1) is 0 Å². The highest BCUT2D eigenvalue weighted by Crippen LogP contribution is 2.47. The monoisotopic (exact) mass is 141 g/mol. The third-order valence-electron chi connectivity index (χ3n) is 2.29. The SMILES string of the molecule is Cc1cnc2cccc3c2c1-3. The maximum atomic E-state index is 4.32. The molecule has 3 rings (SSSR count). The van der Waals surface area contributed by atoms with E-state index in [0.717, 1.165) is 5.52 Å². The molecular formula is C10H7N. The van der Waals surface area contributed by atoms with Gasteiger partial charge in [0.1, 0.15) is 0 Å². The number of nitrogens with zero attached hydrogens (tertiary/aromatic N) is 1. The zero-order valence-corrected chi connectivity index (χ0v) is 6.26. The van der Waals surface area contributed by atoms with Gasteiger partial charge < -0.3 is 0 Å². The number of rotatable bonds is 0. The molecule has 1 nitrogen and oxygen atoms in total. The minimum Gasteiger partial charge on any atom is -0.256 e. The molecule has 0 fully saturated rings. The summed E-state index contributed by atoms with van der Waals surface area (Å²) in [6, 6.07) is 6.29. The molecule has 0 N–H and O–H groups in total. The highest BCUT2D eigenvalue weighted by molar-refractivity contribution is 6.19. The first-order valence-corrected chi connectivity index (χ1v) is 3.76. The Morgan fingerprint density at radius 2 is 2.18 bits per heavy atom. The minimum atomic E-state index is 1.14. The molecule has 0 bridgehead atoms. The van der Waals surface area contributed by atoms with E-state index >= 15 is 0 Å². The maximum absolute atomic E-state index is 4.32. The molecule has 52 valence electrons. The summed E-state index contributed by atoms with van der Waals surface area (Å²) in [6.45, 7) is 2.11. The van der Waals surface area contributed by atoms with Gasteiger partial charge in [-0.05, 0) is 29.7 Å². The number of hydrogen-bond donors (Lipinski definition) is 0. The van der Waals surface area contributed by atoms with Crippen molar-refractivity contribution in [3.63, 3.8) is 0 Å². The molecule has 0 saturated heterocycles. The van der Waals surface area contributed by atoms with Crippen molar-refractivity contribution in [2.45, 2.75) is 6.92 Å². The third kappa shape index (κ3) is 0.497. The fourth-order valence-electron chi connectivity index (χ4n) is 1.70. The Labute approximate surface area is 64.7 Å². The van der Waals surface area contributed by atoms with Crippen LogP contribution >= 0.6 is 0 Å². The highest BCUT2D eigenvalue weighted by atomic mass is 14.7. The van der Waals surface area contributed by atoms with E-state index in [1.807, 2.05) is 6.20 Å². The molecule has 1 aliphatic rings. The predicted octanol–water partition coefficient (Wildman–Crippen LogP) is 2.52. The average molecular weight is 141 g/mol. The van der Waals surface area contributed by atoms with Gasteiger partial charge in [0.05, 0.1) is 5.52 Å². The Balaban J connectivity index is 2.59. The van der Waals surface area contributed by atoms with Crippen LogP contribution in [0.4, 0.5) is 0 Å². The summed E-state index contributed by atoms with van der Waals surface area (Å²) in [7, 11) is 0. The summed E-state index contributed by atoms with van der Waals surface area (Å²) in [5.74, 6) is 0. The van der Waals surface area contributed by atoms with Crippen LogP contribution in [0.2, 0.25) is 0 Å². The Morgan fingerprint density at radius 3 is 3.09 bits per heavy atom. The van der Waals surface area contributed by atoms with Gasteiger partial charge in [-0.2, -0.15) is 0 Å². The second-order valence-corrected chi connectivity index (χ2v) is 3.02. The van der Waals surface area contributed by atoms with Crippen LogP contribution in [-0.4, -0.2) is 4.98 Å². The highest BCUT2D eigenvalue weighted by Gasteiger charge is 2.23. The first kappa shape index (κ1) is 5.30. The molecular weight excluding hydrogens is 134 g/mol. The van der Waals surface area contributed by atoms with Crippen LogP contribution in [-0.2, 0) is 0 Å². The van der Waals surface area contributed by atoms with E-state index in [0.29, 0.717) is 0 Å². The lowest BCUT2D eigenvalue weighted by molar-refractivity contribution is 1.36. The van der Waals surface area contributed by atoms with Crippen LogP contribution in [0.1, 0.15) is 5.56 Å². The quantitative estimate of drug-likeness (QED) is 0.468. The standard InChI is InChI=1S/C10H7N/c1-6-5-11-8-4-2-3-7-9(6)10(7)8/h2-5H,1H3. The van der Waals surface area contributed by atoms with Crippen molar-refractivity contribution in [1.29, 1.82) is 0 Å². The molecule has 1 aromatic carbocycles. The molecule has 11 heavy (non-hydrogen) atoms. The van der Waals surface area contributed by atoms with Gasteiger partial charge in [-0.25, -0.2) is 0 Å². The summed E-state index contributed by atoms with van der Waals surface area (Å²) < 4.78 is 0. The molecule has 0 atom stereocenters. The molecule has 1 aromatic heterocycles. The van der Waals surface area contributed by atoms with Crippen molar-refractivity contribution in [2.75, 3.05) is 0 Å². The number of fused-ring (bicyclic) bond motifs is 1. The number of benzene rings is 1. The summed E-state index contributed by atoms with van der Waals surface area (Å²) >= 11 is 0. The van der Waals surface area contributed by atoms with E-state index in [1.165, 1.54) is 22.1 Å². The van der Waals surface area contributed by atoms with Crippen molar-refractivity contribution in [3.05, 3.63) is 30.0 Å². The Morgan fingerprint density at radius 1 is 1.27 bits per heavy atom. The maximum Gasteiger partial charge on any atom is 0.0714 e. The number of aryl methyl sites for hydroxylation is 1. The summed E-state index contributed by atoms with van der Waals surface area (Å²) in [5, 5.41) is 1.38. The summed E-state index contributed by atoms with van der Waals surface area (Å²) in [4.78, 5) is 4.32. The normalized spacial score (nSPS) is 12.1. The van der Waals surface area contributed by atoms with E-state index in [2.05, 4.69) is 30.1 Å². The molecule has 0 spiro atoms. The molecule has 0 radical (unpaired) electrons. The summed E-state index contributed by atoms with van der Waals surface area (Å²) in [5.41, 5.74) is 5.28. The smallest absolute Gasteiger partial charge is 0.0714 e. The van der Waals surface area contributed by atoms with E-state index in [1.54, 1.807) is 0 Å². The lowest BCUT2D eigenvalue weighted by Gasteiger charge is -1.86. The number of pyridine rings is 1. The van der Waals surface area contributed by atoms with Crippen LogP contribution in [0, 0.1) is 6.92 Å². The first-order chi connectivity index (χ1) is 5.38. The average Bonchev–Trinajstić information content (AvgIpc) is 2.74. The molecule has 1 aliphatic carbocycles. The second kappa shape index (κ2) is 1.45. The van der Waals surface area contributed by atoms with Gasteiger partial charge in [0.2, 0.25) is 0 Å². The molecule has 0 unspecified atom stereocenters. The van der Waals surface area contributed by atoms with E-state index < -0.39 is 0 Å². The second-order valence-electron chi connectivity index (χ2n) is 3.02. The largest absolute Gasteiger partial charge is 0.256 e. The van der Waals surface area contributed by atoms with Gasteiger partial charge in [-0.3, -0.25) is 4.98 Å². The zero-order valence-electron chi connectivity index (χ0n) is 6.26. The van der Waals surface area contributed by atoms with Gasteiger partial charge in [0, 0.05) is 11.6 Å². The van der Waals surface area contributed by atoms with Gasteiger partial charge >= 0.3 is 0 Å². The predicted molar refractivity (Wildman–Crippen MR) is 45.5 cm³/mol. The van der Waals surface area contributed by atoms with Crippen LogP contribution in [0.25, 0.3) is 22.0 Å². The van der Waals surface area contributed by atoms with Crippen LogP contribution < -0.4 is 0 Å². The third-order valence-corrected chi connectivity index (χ3v) is 2.29. The number of aromatic nitrogens is 1. The van der Waals surface area contributed by atoms with Crippen molar-refractivity contribution in [3.8, 4) is 11.1 Å². The van der Waals surface area contributed by atoms with Gasteiger partial charge in [0.15, 0.2) is 0 Å². The van der Waals surface area contributed by atoms with Crippen molar-refractivity contribution < 1.29 is 0 Å². The molecule has 0 amide bonds. The van der Waals surface area contributed by atoms with Crippen LogP contribution in [0.15, 0.2) is 24.4 Å². The number of hydrogen-bond acceptors (Lipinski definition) is 1. The van der Waals surface area contributed by atoms with Crippen molar-refractivity contribution in [1.82, 2.24) is 4.98 Å². The molecule has 2 aromatic rings. The molecule has 0 saturated carbocycles. The van der Waals surface area contributed by atoms with Crippen molar-refractivity contribution >= 4 is 10.9 Å². The molecule has 1 heterocycles. The van der Waals surface area contributed by atoms with Crippen LogP contribution in [0.3, 0.4) is 0 Å². The van der Waals surface area contributed by atoms with E-state index in [4.69, 9.17) is 0 Å².